The number of nitrogens with zero attached hydrogens (tertiary/aromatic N) is 2. The first kappa shape index (κ1) is 13.3. The van der Waals surface area contributed by atoms with Gasteiger partial charge < -0.3 is 10.5 Å². The molecule has 2 aromatic rings. The van der Waals surface area contributed by atoms with Crippen molar-refractivity contribution < 1.29 is 14.1 Å². The second-order valence-corrected chi connectivity index (χ2v) is 3.87. The lowest BCUT2D eigenvalue weighted by Gasteiger charge is -2.07. The Morgan fingerprint density at radius 1 is 1.25 bits per heavy atom. The number of halogens is 1. The summed E-state index contributed by atoms with van der Waals surface area (Å²) in [5.41, 5.74) is 5.34. The minimum Gasteiger partial charge on any atom is -0.457 e. The quantitative estimate of drug-likeness (QED) is 0.526. The molecule has 0 aromatic heterocycles. The maximum atomic E-state index is 13.4. The molecule has 0 atom stereocenters. The van der Waals surface area contributed by atoms with E-state index in [1.54, 1.807) is 6.07 Å². The molecule has 0 heterocycles. The van der Waals surface area contributed by atoms with Crippen LogP contribution in [0.25, 0.3) is 0 Å². The van der Waals surface area contributed by atoms with E-state index < -0.39 is 10.7 Å². The first-order valence-electron chi connectivity index (χ1n) is 5.42. The molecular formula is C13H8FN3O3. The topological polar surface area (TPSA) is 102 Å². The van der Waals surface area contributed by atoms with Crippen molar-refractivity contribution in [1.82, 2.24) is 0 Å². The van der Waals surface area contributed by atoms with Gasteiger partial charge in [0, 0.05) is 23.9 Å². The van der Waals surface area contributed by atoms with E-state index in [2.05, 4.69) is 0 Å². The first-order valence-corrected chi connectivity index (χ1v) is 5.42. The summed E-state index contributed by atoms with van der Waals surface area (Å²) < 4.78 is 18.7. The van der Waals surface area contributed by atoms with Crippen molar-refractivity contribution in [2.75, 3.05) is 5.73 Å². The number of benzene rings is 2. The van der Waals surface area contributed by atoms with Crippen LogP contribution in [0, 0.1) is 27.3 Å². The number of hydrogen-bond acceptors (Lipinski definition) is 5. The van der Waals surface area contributed by atoms with Gasteiger partial charge in [-0.05, 0) is 12.1 Å². The molecule has 20 heavy (non-hydrogen) atoms. The van der Waals surface area contributed by atoms with Gasteiger partial charge in [0.05, 0.1) is 16.6 Å². The summed E-state index contributed by atoms with van der Waals surface area (Å²) in [6.07, 6.45) is 0. The molecule has 0 spiro atoms. The molecule has 0 saturated carbocycles. The molecular weight excluding hydrogens is 265 g/mol. The molecule has 6 nitrogen and oxygen atoms in total. The lowest BCUT2D eigenvalue weighted by atomic mass is 10.2. The summed E-state index contributed by atoms with van der Waals surface area (Å²) in [6.45, 7) is 0. The zero-order valence-corrected chi connectivity index (χ0v) is 10.0. The second kappa shape index (κ2) is 5.24. The molecule has 7 heteroatoms. The van der Waals surface area contributed by atoms with Crippen molar-refractivity contribution in [3.05, 3.63) is 57.9 Å². The normalized spacial score (nSPS) is 9.80. The number of anilines is 1. The standard InChI is InChI=1S/C13H8FN3O3/c14-13-6-11(2-1-8(13)7-15)20-12-4-9(16)3-10(5-12)17(18)19/h1-6H,16H2. The van der Waals surface area contributed by atoms with Gasteiger partial charge in [0.15, 0.2) is 0 Å². The third-order valence-corrected chi connectivity index (χ3v) is 2.42. The Morgan fingerprint density at radius 2 is 2.00 bits per heavy atom. The van der Waals surface area contributed by atoms with Crippen LogP contribution < -0.4 is 10.5 Å². The molecule has 0 saturated heterocycles. The molecule has 0 radical (unpaired) electrons. The summed E-state index contributed by atoms with van der Waals surface area (Å²) in [5, 5.41) is 19.3. The number of nitro benzene ring substituents is 1. The highest BCUT2D eigenvalue weighted by molar-refractivity contribution is 5.54. The van der Waals surface area contributed by atoms with Crippen LogP contribution in [-0.2, 0) is 0 Å². The van der Waals surface area contributed by atoms with Gasteiger partial charge in [0.2, 0.25) is 0 Å². The number of nitrogens with two attached hydrogens (primary N) is 1. The minimum absolute atomic E-state index is 0.112. The van der Waals surface area contributed by atoms with E-state index in [0.29, 0.717) is 0 Å². The Labute approximate surface area is 113 Å². The predicted molar refractivity (Wildman–Crippen MR) is 68.7 cm³/mol. The van der Waals surface area contributed by atoms with Crippen molar-refractivity contribution in [2.24, 2.45) is 0 Å². The van der Waals surface area contributed by atoms with Gasteiger partial charge in [0.25, 0.3) is 5.69 Å². The average molecular weight is 273 g/mol. The summed E-state index contributed by atoms with van der Waals surface area (Å²) >= 11 is 0. The summed E-state index contributed by atoms with van der Waals surface area (Å²) in [6, 6.07) is 9.08. The SMILES string of the molecule is N#Cc1ccc(Oc2cc(N)cc([N+](=O)[O-])c2)cc1F. The van der Waals surface area contributed by atoms with Crippen LogP contribution in [0.5, 0.6) is 11.5 Å². The largest absolute Gasteiger partial charge is 0.457 e. The van der Waals surface area contributed by atoms with Crippen molar-refractivity contribution >= 4 is 11.4 Å². The van der Waals surface area contributed by atoms with Crippen LogP contribution in [-0.4, -0.2) is 4.92 Å². The van der Waals surface area contributed by atoms with E-state index in [1.807, 2.05) is 0 Å². The van der Waals surface area contributed by atoms with Gasteiger partial charge >= 0.3 is 0 Å². The fraction of sp³-hybridized carbons (Fsp3) is 0. The molecule has 2 aromatic carbocycles. The highest BCUT2D eigenvalue weighted by Crippen LogP contribution is 2.29. The Kier molecular flexibility index (Phi) is 3.48. The van der Waals surface area contributed by atoms with Crippen LogP contribution in [0.2, 0.25) is 0 Å². The number of nitriles is 1. The Balaban J connectivity index is 2.33. The van der Waals surface area contributed by atoms with E-state index in [-0.39, 0.29) is 28.4 Å². The van der Waals surface area contributed by atoms with E-state index in [4.69, 9.17) is 15.7 Å². The average Bonchev–Trinajstić information content (AvgIpc) is 2.38. The Hall–Kier alpha value is -3.14. The third-order valence-electron chi connectivity index (χ3n) is 2.42. The van der Waals surface area contributed by atoms with Crippen molar-refractivity contribution in [3.63, 3.8) is 0 Å². The maximum absolute atomic E-state index is 13.4. The third kappa shape index (κ3) is 2.81. The molecule has 0 fully saturated rings. The number of ether oxygens (including phenoxy) is 1. The van der Waals surface area contributed by atoms with Crippen LogP contribution >= 0.6 is 0 Å². The summed E-state index contributed by atoms with van der Waals surface area (Å²) in [4.78, 5) is 10.1. The smallest absolute Gasteiger partial charge is 0.275 e. The van der Waals surface area contributed by atoms with Crippen LogP contribution in [0.4, 0.5) is 15.8 Å². The highest BCUT2D eigenvalue weighted by Gasteiger charge is 2.11. The lowest BCUT2D eigenvalue weighted by Crippen LogP contribution is -1.94. The fourth-order valence-electron chi connectivity index (χ4n) is 1.56. The van der Waals surface area contributed by atoms with Crippen LogP contribution in [0.15, 0.2) is 36.4 Å². The number of non-ortho nitro benzene ring substituents is 1. The van der Waals surface area contributed by atoms with Crippen molar-refractivity contribution in [2.45, 2.75) is 0 Å². The van der Waals surface area contributed by atoms with Crippen molar-refractivity contribution in [1.29, 1.82) is 5.26 Å². The zero-order valence-electron chi connectivity index (χ0n) is 10.0. The molecule has 0 amide bonds. The molecule has 0 bridgehead atoms. The molecule has 0 aliphatic heterocycles. The molecule has 100 valence electrons. The minimum atomic E-state index is -0.733. The molecule has 2 N–H and O–H groups in total. The van der Waals surface area contributed by atoms with Gasteiger partial charge in [-0.15, -0.1) is 0 Å². The number of nitrogen functional groups attached to an aromatic ring is 1. The fourth-order valence-corrected chi connectivity index (χ4v) is 1.56. The van der Waals surface area contributed by atoms with E-state index in [0.717, 1.165) is 6.07 Å². The van der Waals surface area contributed by atoms with Gasteiger partial charge in [-0.2, -0.15) is 5.26 Å². The van der Waals surface area contributed by atoms with Crippen LogP contribution in [0.3, 0.4) is 0 Å². The Morgan fingerprint density at radius 3 is 2.60 bits per heavy atom. The Bertz CT molecular complexity index is 725. The zero-order chi connectivity index (χ0) is 14.7. The van der Waals surface area contributed by atoms with Crippen LogP contribution in [0.1, 0.15) is 5.56 Å². The van der Waals surface area contributed by atoms with Crippen molar-refractivity contribution in [3.8, 4) is 17.6 Å². The molecule has 0 aliphatic carbocycles. The van der Waals surface area contributed by atoms with E-state index in [9.17, 15) is 14.5 Å². The molecule has 0 aliphatic rings. The predicted octanol–water partition coefficient (Wildman–Crippen LogP) is 2.98. The van der Waals surface area contributed by atoms with Gasteiger partial charge in [0.1, 0.15) is 23.4 Å². The number of rotatable bonds is 3. The lowest BCUT2D eigenvalue weighted by molar-refractivity contribution is -0.384. The first-order chi connectivity index (χ1) is 9.49. The number of hydrogen-bond donors (Lipinski definition) is 1. The molecule has 0 unspecified atom stereocenters. The highest BCUT2D eigenvalue weighted by atomic mass is 19.1. The summed E-state index contributed by atoms with van der Waals surface area (Å²) in [5.74, 6) is -0.509. The monoisotopic (exact) mass is 273 g/mol. The van der Waals surface area contributed by atoms with Gasteiger partial charge in [-0.1, -0.05) is 0 Å². The summed E-state index contributed by atoms with van der Waals surface area (Å²) in [7, 11) is 0. The second-order valence-electron chi connectivity index (χ2n) is 3.87. The number of nitro groups is 1. The van der Waals surface area contributed by atoms with E-state index >= 15 is 0 Å². The van der Waals surface area contributed by atoms with Gasteiger partial charge in [-0.3, -0.25) is 10.1 Å². The van der Waals surface area contributed by atoms with Gasteiger partial charge in [-0.25, -0.2) is 4.39 Å². The molecule has 2 rings (SSSR count). The maximum Gasteiger partial charge on any atom is 0.275 e. The van der Waals surface area contributed by atoms with E-state index in [1.165, 1.54) is 30.3 Å².